The maximum absolute atomic E-state index is 13.4. The van der Waals surface area contributed by atoms with Crippen LogP contribution >= 0.6 is 11.3 Å². The summed E-state index contributed by atoms with van der Waals surface area (Å²) in [5.41, 5.74) is 6.55. The van der Waals surface area contributed by atoms with E-state index >= 15 is 0 Å². The molecule has 2 heterocycles. The zero-order chi connectivity index (χ0) is 24.9. The van der Waals surface area contributed by atoms with Gasteiger partial charge in [0.05, 0.1) is 6.04 Å². The summed E-state index contributed by atoms with van der Waals surface area (Å²) < 4.78 is 0. The first-order valence-electron chi connectivity index (χ1n) is 12.3. The molecule has 0 aliphatic heterocycles. The molecule has 186 valence electrons. The van der Waals surface area contributed by atoms with E-state index in [1.807, 2.05) is 13.0 Å². The van der Waals surface area contributed by atoms with E-state index in [2.05, 4.69) is 54.8 Å². The highest BCUT2D eigenvalue weighted by Crippen LogP contribution is 2.46. The third-order valence-corrected chi connectivity index (χ3v) is 8.32. The van der Waals surface area contributed by atoms with Gasteiger partial charge in [-0.05, 0) is 67.0 Å². The van der Waals surface area contributed by atoms with Crippen molar-refractivity contribution in [2.24, 2.45) is 28.9 Å². The third-order valence-electron chi connectivity index (χ3n) is 7.08. The molecule has 4 unspecified atom stereocenters. The van der Waals surface area contributed by atoms with Crippen LogP contribution in [0.4, 0.5) is 5.69 Å². The van der Waals surface area contributed by atoms with Gasteiger partial charge in [-0.2, -0.15) is 0 Å². The van der Waals surface area contributed by atoms with E-state index in [9.17, 15) is 9.59 Å². The van der Waals surface area contributed by atoms with Gasteiger partial charge in [0.1, 0.15) is 0 Å². The first-order chi connectivity index (χ1) is 16.0. The first-order valence-corrected chi connectivity index (χ1v) is 13.2. The summed E-state index contributed by atoms with van der Waals surface area (Å²) in [6, 6.07) is 7.08. The second kappa shape index (κ2) is 11.0. The number of hydrogen-bond donors (Lipinski definition) is 3. The fourth-order valence-corrected chi connectivity index (χ4v) is 6.16. The minimum atomic E-state index is -0.637. The second-order valence-electron chi connectivity index (χ2n) is 11.3. The van der Waals surface area contributed by atoms with Crippen molar-refractivity contribution in [3.8, 4) is 0 Å². The highest BCUT2D eigenvalue weighted by atomic mass is 32.1. The summed E-state index contributed by atoms with van der Waals surface area (Å²) in [5, 5.41) is 8.21. The van der Waals surface area contributed by atoms with Gasteiger partial charge >= 0.3 is 0 Å². The molecule has 2 amide bonds. The molecule has 4 N–H and O–H groups in total. The third kappa shape index (κ3) is 6.66. The lowest BCUT2D eigenvalue weighted by atomic mass is 9.62. The number of amides is 2. The largest absolute Gasteiger partial charge is 0.354 e. The summed E-state index contributed by atoms with van der Waals surface area (Å²) in [6.45, 7) is 11.2. The molecule has 0 aromatic carbocycles. The summed E-state index contributed by atoms with van der Waals surface area (Å²) in [5.74, 6) is 0.692. The number of carbonyl (C=O) groups is 2. The second-order valence-corrected chi connectivity index (χ2v) is 12.2. The van der Waals surface area contributed by atoms with Gasteiger partial charge < -0.3 is 16.4 Å². The van der Waals surface area contributed by atoms with Crippen LogP contribution in [0.5, 0.6) is 0 Å². The van der Waals surface area contributed by atoms with Crippen LogP contribution in [-0.2, 0) is 15.0 Å². The predicted molar refractivity (Wildman–Crippen MR) is 140 cm³/mol. The van der Waals surface area contributed by atoms with E-state index in [0.29, 0.717) is 24.8 Å². The predicted octanol–water partition coefficient (Wildman–Crippen LogP) is 4.97. The summed E-state index contributed by atoms with van der Waals surface area (Å²) >= 11 is 1.70. The number of thiophene rings is 1. The van der Waals surface area contributed by atoms with Gasteiger partial charge in [-0.1, -0.05) is 40.7 Å². The van der Waals surface area contributed by atoms with Gasteiger partial charge in [-0.3, -0.25) is 14.6 Å². The van der Waals surface area contributed by atoms with E-state index in [1.54, 1.807) is 35.9 Å². The lowest BCUT2D eigenvalue weighted by molar-refractivity contribution is -0.131. The Morgan fingerprint density at radius 2 is 1.94 bits per heavy atom. The SMILES string of the molecule is CC(C)CC1CC(C(N)C(=O)NCC(C)(C)c2cccs2)CC(C)(C(=O)Nc2ccncc2)C1. The van der Waals surface area contributed by atoms with Gasteiger partial charge in [0, 0.05) is 40.3 Å². The van der Waals surface area contributed by atoms with Crippen LogP contribution in [-0.4, -0.2) is 29.4 Å². The van der Waals surface area contributed by atoms with Crippen molar-refractivity contribution in [3.05, 3.63) is 46.9 Å². The molecular formula is C27H40N4O2S. The molecular weight excluding hydrogens is 444 g/mol. The van der Waals surface area contributed by atoms with Crippen LogP contribution in [0.25, 0.3) is 0 Å². The molecule has 0 spiro atoms. The highest BCUT2D eigenvalue weighted by Gasteiger charge is 2.45. The lowest BCUT2D eigenvalue weighted by Gasteiger charge is -2.43. The number of aromatic nitrogens is 1. The Bertz CT molecular complexity index is 945. The van der Waals surface area contributed by atoms with Crippen molar-refractivity contribution in [1.82, 2.24) is 10.3 Å². The van der Waals surface area contributed by atoms with E-state index < -0.39 is 11.5 Å². The number of nitrogens with two attached hydrogens (primary N) is 1. The molecule has 0 radical (unpaired) electrons. The Labute approximate surface area is 208 Å². The Hall–Kier alpha value is -2.25. The summed E-state index contributed by atoms with van der Waals surface area (Å²) in [4.78, 5) is 31.7. The van der Waals surface area contributed by atoms with Crippen molar-refractivity contribution in [2.45, 2.75) is 71.8 Å². The van der Waals surface area contributed by atoms with E-state index in [0.717, 1.165) is 24.9 Å². The molecule has 34 heavy (non-hydrogen) atoms. The van der Waals surface area contributed by atoms with E-state index in [4.69, 9.17) is 5.73 Å². The van der Waals surface area contributed by atoms with Crippen LogP contribution in [0.2, 0.25) is 0 Å². The van der Waals surface area contributed by atoms with E-state index in [-0.39, 0.29) is 23.1 Å². The van der Waals surface area contributed by atoms with Gasteiger partial charge in [0.25, 0.3) is 0 Å². The van der Waals surface area contributed by atoms with E-state index in [1.165, 1.54) is 4.88 Å². The molecule has 0 bridgehead atoms. The fraction of sp³-hybridized carbons (Fsp3) is 0.593. The van der Waals surface area contributed by atoms with Crippen LogP contribution in [0, 0.1) is 23.2 Å². The quantitative estimate of drug-likeness (QED) is 0.468. The Kier molecular flexibility index (Phi) is 8.52. The Morgan fingerprint density at radius 1 is 1.24 bits per heavy atom. The van der Waals surface area contributed by atoms with Crippen molar-refractivity contribution < 1.29 is 9.59 Å². The number of carbonyl (C=O) groups excluding carboxylic acids is 2. The standard InChI is InChI=1S/C27H40N4O2S/c1-18(2)13-19-14-20(16-27(5,15-19)25(33)31-21-8-10-29-11-9-21)23(28)24(32)30-17-26(3,4)22-7-6-12-34-22/h6-12,18-20,23H,13-17,28H2,1-5H3,(H,30,32)(H,29,31,33). The minimum Gasteiger partial charge on any atom is -0.354 e. The summed E-state index contributed by atoms with van der Waals surface area (Å²) in [7, 11) is 0. The monoisotopic (exact) mass is 484 g/mol. The average Bonchev–Trinajstić information content (AvgIpc) is 3.33. The lowest BCUT2D eigenvalue weighted by Crippen LogP contribution is -2.52. The van der Waals surface area contributed by atoms with Crippen molar-refractivity contribution in [1.29, 1.82) is 0 Å². The zero-order valence-electron chi connectivity index (χ0n) is 21.1. The van der Waals surface area contributed by atoms with Crippen molar-refractivity contribution >= 4 is 28.8 Å². The van der Waals surface area contributed by atoms with Crippen LogP contribution in [0.1, 0.15) is 65.2 Å². The Morgan fingerprint density at radius 3 is 2.56 bits per heavy atom. The van der Waals surface area contributed by atoms with Gasteiger partial charge in [0.15, 0.2) is 0 Å². The first kappa shape index (κ1) is 26.4. The van der Waals surface area contributed by atoms with Crippen LogP contribution in [0.3, 0.4) is 0 Å². The molecule has 1 aliphatic rings. The van der Waals surface area contributed by atoms with Gasteiger partial charge in [-0.15, -0.1) is 11.3 Å². The number of nitrogens with zero attached hydrogens (tertiary/aromatic N) is 1. The summed E-state index contributed by atoms with van der Waals surface area (Å²) in [6.07, 6.45) is 6.63. The zero-order valence-corrected chi connectivity index (χ0v) is 22.0. The minimum absolute atomic E-state index is 0.0106. The molecule has 6 nitrogen and oxygen atoms in total. The molecule has 3 rings (SSSR count). The normalized spacial score (nSPS) is 24.0. The molecule has 4 atom stereocenters. The number of anilines is 1. The van der Waals surface area contributed by atoms with Crippen LogP contribution < -0.4 is 16.4 Å². The van der Waals surface area contributed by atoms with Gasteiger partial charge in [-0.25, -0.2) is 0 Å². The number of hydrogen-bond acceptors (Lipinski definition) is 5. The number of nitrogens with one attached hydrogen (secondary N) is 2. The smallest absolute Gasteiger partial charge is 0.237 e. The highest BCUT2D eigenvalue weighted by molar-refractivity contribution is 7.10. The van der Waals surface area contributed by atoms with Crippen LogP contribution in [0.15, 0.2) is 42.0 Å². The molecule has 1 fully saturated rings. The molecule has 2 aromatic rings. The van der Waals surface area contributed by atoms with Crippen molar-refractivity contribution in [2.75, 3.05) is 11.9 Å². The maximum atomic E-state index is 13.4. The molecule has 1 aliphatic carbocycles. The number of pyridine rings is 1. The molecule has 0 saturated heterocycles. The molecule has 7 heteroatoms. The number of rotatable bonds is 9. The van der Waals surface area contributed by atoms with Gasteiger partial charge in [0.2, 0.25) is 11.8 Å². The molecule has 2 aromatic heterocycles. The maximum Gasteiger partial charge on any atom is 0.237 e. The molecule has 1 saturated carbocycles. The topological polar surface area (TPSA) is 97.1 Å². The average molecular weight is 485 g/mol. The Balaban J connectivity index is 1.70. The van der Waals surface area contributed by atoms with Crippen molar-refractivity contribution in [3.63, 3.8) is 0 Å². The fourth-order valence-electron chi connectivity index (χ4n) is 5.31.